The van der Waals surface area contributed by atoms with Crippen LogP contribution in [0.2, 0.25) is 0 Å². The Hall–Kier alpha value is -1.14. The average molecular weight is 246 g/mol. The fraction of sp³-hybridized carbons (Fsp3) is 0.818. The summed E-state index contributed by atoms with van der Waals surface area (Å²) in [4.78, 5) is 9.60. The van der Waals surface area contributed by atoms with Gasteiger partial charge in [-0.1, -0.05) is 10.3 Å². The molecule has 0 radical (unpaired) electrons. The SMILES string of the molecule is C/C(CN)=N\OC(C)C.CCO/N=C(\C)CN. The van der Waals surface area contributed by atoms with Gasteiger partial charge in [-0.2, -0.15) is 0 Å². The van der Waals surface area contributed by atoms with E-state index in [2.05, 4.69) is 10.3 Å². The van der Waals surface area contributed by atoms with Crippen LogP contribution in [0, 0.1) is 0 Å². The molecular weight excluding hydrogens is 220 g/mol. The molecule has 0 saturated heterocycles. The Kier molecular flexibility index (Phi) is 13.9. The highest BCUT2D eigenvalue weighted by Crippen LogP contribution is 1.87. The molecule has 0 saturated carbocycles. The van der Waals surface area contributed by atoms with Crippen molar-refractivity contribution in [2.45, 2.75) is 40.7 Å². The van der Waals surface area contributed by atoms with Crippen molar-refractivity contribution < 1.29 is 9.68 Å². The van der Waals surface area contributed by atoms with E-state index in [1.807, 2.05) is 34.6 Å². The van der Waals surface area contributed by atoms with Crippen molar-refractivity contribution in [1.29, 1.82) is 0 Å². The predicted molar refractivity (Wildman–Crippen MR) is 72.2 cm³/mol. The Morgan fingerprint density at radius 2 is 1.53 bits per heavy atom. The van der Waals surface area contributed by atoms with Crippen molar-refractivity contribution in [3.05, 3.63) is 0 Å². The fourth-order valence-electron chi connectivity index (χ4n) is 0.445. The molecular formula is C11H26N4O2. The zero-order chi connectivity index (χ0) is 13.7. The molecule has 4 N–H and O–H groups in total. The van der Waals surface area contributed by atoms with Gasteiger partial charge in [0.15, 0.2) is 0 Å². The molecule has 0 amide bonds. The molecule has 6 nitrogen and oxygen atoms in total. The maximum absolute atomic E-state index is 5.25. The molecule has 0 bridgehead atoms. The summed E-state index contributed by atoms with van der Waals surface area (Å²) in [5.74, 6) is 0. The molecule has 0 atom stereocenters. The molecule has 0 aliphatic rings. The van der Waals surface area contributed by atoms with Gasteiger partial charge in [-0.05, 0) is 34.6 Å². The van der Waals surface area contributed by atoms with E-state index in [0.717, 1.165) is 11.4 Å². The molecule has 0 aromatic heterocycles. The Labute approximate surface area is 104 Å². The quantitative estimate of drug-likeness (QED) is 0.542. The predicted octanol–water partition coefficient (Wildman–Crippen LogP) is 1.10. The lowest BCUT2D eigenvalue weighted by atomic mass is 10.4. The molecule has 17 heavy (non-hydrogen) atoms. The summed E-state index contributed by atoms with van der Waals surface area (Å²) in [5, 5.41) is 7.39. The lowest BCUT2D eigenvalue weighted by Gasteiger charge is -2.01. The number of hydrogen-bond acceptors (Lipinski definition) is 6. The van der Waals surface area contributed by atoms with Crippen LogP contribution in [-0.4, -0.2) is 37.2 Å². The van der Waals surface area contributed by atoms with E-state index in [-0.39, 0.29) is 6.10 Å². The number of nitrogens with zero attached hydrogens (tertiary/aromatic N) is 2. The van der Waals surface area contributed by atoms with Gasteiger partial charge < -0.3 is 21.1 Å². The van der Waals surface area contributed by atoms with Crippen LogP contribution in [0.15, 0.2) is 10.3 Å². The summed E-state index contributed by atoms with van der Waals surface area (Å²) in [6.45, 7) is 10.9. The smallest absolute Gasteiger partial charge is 0.122 e. The van der Waals surface area contributed by atoms with E-state index in [0.29, 0.717) is 19.7 Å². The maximum Gasteiger partial charge on any atom is 0.122 e. The van der Waals surface area contributed by atoms with Crippen LogP contribution in [0.4, 0.5) is 0 Å². The summed E-state index contributed by atoms with van der Waals surface area (Å²) in [6.07, 6.45) is 0.145. The Balaban J connectivity index is 0. The van der Waals surface area contributed by atoms with Gasteiger partial charge in [0.1, 0.15) is 12.7 Å². The largest absolute Gasteiger partial charge is 0.396 e. The van der Waals surface area contributed by atoms with Gasteiger partial charge >= 0.3 is 0 Å². The van der Waals surface area contributed by atoms with Crippen molar-refractivity contribution in [2.75, 3.05) is 19.7 Å². The normalized spacial score (nSPS) is 12.0. The highest BCUT2D eigenvalue weighted by Gasteiger charge is 1.89. The molecule has 102 valence electrons. The maximum atomic E-state index is 5.25. The van der Waals surface area contributed by atoms with Gasteiger partial charge in [-0.25, -0.2) is 0 Å². The van der Waals surface area contributed by atoms with E-state index in [4.69, 9.17) is 21.1 Å². The Morgan fingerprint density at radius 1 is 1.06 bits per heavy atom. The second kappa shape index (κ2) is 12.9. The molecule has 0 heterocycles. The van der Waals surface area contributed by atoms with E-state index in [9.17, 15) is 0 Å². The number of rotatable bonds is 6. The standard InChI is InChI=1S/C6H14N2O.C5H12N2O/c1-5(2)9-8-6(3)4-7;1-3-8-7-5(2)4-6/h5H,4,7H2,1-3H3;3-4,6H2,1-2H3/b8-6+;7-5+. The zero-order valence-corrected chi connectivity index (χ0v) is 11.6. The summed E-state index contributed by atoms with van der Waals surface area (Å²) < 4.78 is 0. The third-order valence-corrected chi connectivity index (χ3v) is 1.36. The second-order valence-electron chi connectivity index (χ2n) is 3.63. The van der Waals surface area contributed by atoms with Crippen LogP contribution in [0.1, 0.15) is 34.6 Å². The zero-order valence-electron chi connectivity index (χ0n) is 11.6. The van der Waals surface area contributed by atoms with Gasteiger partial charge in [0, 0.05) is 13.1 Å². The van der Waals surface area contributed by atoms with Gasteiger partial charge in [-0.3, -0.25) is 0 Å². The minimum absolute atomic E-state index is 0.145. The highest BCUT2D eigenvalue weighted by atomic mass is 16.6. The van der Waals surface area contributed by atoms with Gasteiger partial charge in [-0.15, -0.1) is 0 Å². The first kappa shape index (κ1) is 18.2. The van der Waals surface area contributed by atoms with E-state index >= 15 is 0 Å². The minimum Gasteiger partial charge on any atom is -0.396 e. The van der Waals surface area contributed by atoms with Crippen molar-refractivity contribution in [3.63, 3.8) is 0 Å². The Morgan fingerprint density at radius 3 is 1.88 bits per heavy atom. The summed E-state index contributed by atoms with van der Waals surface area (Å²) in [6, 6.07) is 0. The lowest BCUT2D eigenvalue weighted by Crippen LogP contribution is -2.11. The first-order valence-electron chi connectivity index (χ1n) is 5.72. The van der Waals surface area contributed by atoms with Crippen molar-refractivity contribution >= 4 is 11.4 Å². The minimum atomic E-state index is 0.145. The fourth-order valence-corrected chi connectivity index (χ4v) is 0.445. The number of hydrogen-bond donors (Lipinski definition) is 2. The monoisotopic (exact) mass is 246 g/mol. The molecule has 0 aliphatic carbocycles. The lowest BCUT2D eigenvalue weighted by molar-refractivity contribution is 0.0856. The summed E-state index contributed by atoms with van der Waals surface area (Å²) >= 11 is 0. The average Bonchev–Trinajstić information content (AvgIpc) is 2.33. The van der Waals surface area contributed by atoms with E-state index < -0.39 is 0 Å². The number of oxime groups is 2. The van der Waals surface area contributed by atoms with Crippen LogP contribution >= 0.6 is 0 Å². The molecule has 6 heteroatoms. The van der Waals surface area contributed by atoms with Crippen LogP contribution in [0.25, 0.3) is 0 Å². The molecule has 0 rings (SSSR count). The third kappa shape index (κ3) is 17.5. The molecule has 0 spiro atoms. The van der Waals surface area contributed by atoms with Crippen LogP contribution < -0.4 is 11.5 Å². The molecule has 0 aromatic carbocycles. The van der Waals surface area contributed by atoms with Crippen molar-refractivity contribution in [1.82, 2.24) is 0 Å². The van der Waals surface area contributed by atoms with E-state index in [1.54, 1.807) is 0 Å². The van der Waals surface area contributed by atoms with E-state index in [1.165, 1.54) is 0 Å². The van der Waals surface area contributed by atoms with Crippen LogP contribution in [-0.2, 0) is 9.68 Å². The Bertz CT molecular complexity index is 228. The topological polar surface area (TPSA) is 95.2 Å². The molecule has 0 aliphatic heterocycles. The molecule has 0 aromatic rings. The van der Waals surface area contributed by atoms with Gasteiger partial charge in [0.05, 0.1) is 11.4 Å². The van der Waals surface area contributed by atoms with Crippen molar-refractivity contribution in [2.24, 2.45) is 21.8 Å². The molecule has 0 fully saturated rings. The third-order valence-electron chi connectivity index (χ3n) is 1.36. The van der Waals surface area contributed by atoms with Crippen LogP contribution in [0.5, 0.6) is 0 Å². The van der Waals surface area contributed by atoms with Crippen LogP contribution in [0.3, 0.4) is 0 Å². The van der Waals surface area contributed by atoms with Gasteiger partial charge in [0.2, 0.25) is 0 Å². The summed E-state index contributed by atoms with van der Waals surface area (Å²) in [7, 11) is 0. The molecule has 0 unspecified atom stereocenters. The van der Waals surface area contributed by atoms with Crippen molar-refractivity contribution in [3.8, 4) is 0 Å². The second-order valence-corrected chi connectivity index (χ2v) is 3.63. The highest BCUT2D eigenvalue weighted by molar-refractivity contribution is 5.83. The summed E-state index contributed by atoms with van der Waals surface area (Å²) in [5.41, 5.74) is 12.1. The number of nitrogens with two attached hydrogens (primary N) is 2. The van der Waals surface area contributed by atoms with Gasteiger partial charge in [0.25, 0.3) is 0 Å². The first-order valence-corrected chi connectivity index (χ1v) is 5.72. The first-order chi connectivity index (χ1) is 7.97.